The third kappa shape index (κ3) is 4.37. The molecule has 0 bridgehead atoms. The SMILES string of the molecule is CCCCCc1ccc(C2=CCC(CCC)C=C2)cc1. The van der Waals surface area contributed by atoms with Gasteiger partial charge >= 0.3 is 0 Å². The summed E-state index contributed by atoms with van der Waals surface area (Å²) < 4.78 is 0. The minimum Gasteiger partial charge on any atom is -0.0805 e. The van der Waals surface area contributed by atoms with Crippen LogP contribution >= 0.6 is 0 Å². The van der Waals surface area contributed by atoms with Crippen LogP contribution in [-0.4, -0.2) is 0 Å². The second kappa shape index (κ2) is 8.09. The minimum absolute atomic E-state index is 0.761. The van der Waals surface area contributed by atoms with Gasteiger partial charge < -0.3 is 0 Å². The van der Waals surface area contributed by atoms with Crippen molar-refractivity contribution in [3.63, 3.8) is 0 Å². The summed E-state index contributed by atoms with van der Waals surface area (Å²) in [5, 5.41) is 0. The Hall–Kier alpha value is -1.30. The van der Waals surface area contributed by atoms with Gasteiger partial charge in [-0.2, -0.15) is 0 Å². The zero-order chi connectivity index (χ0) is 14.2. The fourth-order valence-electron chi connectivity index (χ4n) is 2.91. The van der Waals surface area contributed by atoms with Gasteiger partial charge in [-0.1, -0.05) is 75.6 Å². The van der Waals surface area contributed by atoms with Crippen molar-refractivity contribution < 1.29 is 0 Å². The molecule has 0 saturated carbocycles. The quantitative estimate of drug-likeness (QED) is 0.518. The molecule has 0 aromatic heterocycles. The average molecular weight is 268 g/mol. The summed E-state index contributed by atoms with van der Waals surface area (Å²) in [7, 11) is 0. The van der Waals surface area contributed by atoms with Crippen LogP contribution in [0.15, 0.2) is 42.5 Å². The molecule has 0 fully saturated rings. The van der Waals surface area contributed by atoms with E-state index in [4.69, 9.17) is 0 Å². The van der Waals surface area contributed by atoms with Gasteiger partial charge in [0.05, 0.1) is 0 Å². The molecule has 0 aliphatic heterocycles. The van der Waals surface area contributed by atoms with Crippen molar-refractivity contribution in [2.24, 2.45) is 5.92 Å². The molecular weight excluding hydrogens is 240 g/mol. The minimum atomic E-state index is 0.761. The molecule has 0 nitrogen and oxygen atoms in total. The lowest BCUT2D eigenvalue weighted by molar-refractivity contribution is 0.585. The summed E-state index contributed by atoms with van der Waals surface area (Å²) in [6.45, 7) is 4.53. The molecule has 0 heterocycles. The van der Waals surface area contributed by atoms with Gasteiger partial charge in [0.2, 0.25) is 0 Å². The molecular formula is C20H28. The van der Waals surface area contributed by atoms with Crippen LogP contribution in [-0.2, 0) is 6.42 Å². The van der Waals surface area contributed by atoms with Crippen molar-refractivity contribution in [3.05, 3.63) is 53.6 Å². The lowest BCUT2D eigenvalue weighted by Crippen LogP contribution is -1.99. The van der Waals surface area contributed by atoms with E-state index in [2.05, 4.69) is 56.3 Å². The molecule has 20 heavy (non-hydrogen) atoms. The summed E-state index contributed by atoms with van der Waals surface area (Å²) in [4.78, 5) is 0. The molecule has 2 rings (SSSR count). The summed E-state index contributed by atoms with van der Waals surface area (Å²) in [6.07, 6.45) is 16.1. The first kappa shape index (κ1) is 15.1. The lowest BCUT2D eigenvalue weighted by Gasteiger charge is -2.15. The van der Waals surface area contributed by atoms with Gasteiger partial charge in [0.15, 0.2) is 0 Å². The Labute approximate surface area is 124 Å². The molecule has 108 valence electrons. The maximum atomic E-state index is 2.41. The third-order valence-electron chi connectivity index (χ3n) is 4.20. The van der Waals surface area contributed by atoms with E-state index >= 15 is 0 Å². The number of hydrogen-bond acceptors (Lipinski definition) is 0. The Balaban J connectivity index is 1.92. The van der Waals surface area contributed by atoms with Crippen molar-refractivity contribution in [2.75, 3.05) is 0 Å². The van der Waals surface area contributed by atoms with E-state index in [0.29, 0.717) is 0 Å². The van der Waals surface area contributed by atoms with Crippen molar-refractivity contribution in [1.29, 1.82) is 0 Å². The summed E-state index contributed by atoms with van der Waals surface area (Å²) in [5.41, 5.74) is 4.25. The van der Waals surface area contributed by atoms with Crippen LogP contribution in [0.25, 0.3) is 5.57 Å². The predicted molar refractivity (Wildman–Crippen MR) is 89.8 cm³/mol. The van der Waals surface area contributed by atoms with Gasteiger partial charge in [-0.05, 0) is 48.3 Å². The van der Waals surface area contributed by atoms with E-state index in [-0.39, 0.29) is 0 Å². The van der Waals surface area contributed by atoms with Crippen LogP contribution in [0.1, 0.15) is 63.5 Å². The largest absolute Gasteiger partial charge is 0.0805 e. The van der Waals surface area contributed by atoms with Crippen molar-refractivity contribution in [3.8, 4) is 0 Å². The molecule has 0 saturated heterocycles. The van der Waals surface area contributed by atoms with Gasteiger partial charge in [-0.3, -0.25) is 0 Å². The summed E-state index contributed by atoms with van der Waals surface area (Å²) >= 11 is 0. The molecule has 1 aromatic rings. The van der Waals surface area contributed by atoms with E-state index in [0.717, 1.165) is 5.92 Å². The van der Waals surface area contributed by atoms with E-state index in [1.165, 1.54) is 61.6 Å². The number of benzene rings is 1. The van der Waals surface area contributed by atoms with Gasteiger partial charge in [0.25, 0.3) is 0 Å². The summed E-state index contributed by atoms with van der Waals surface area (Å²) in [5.74, 6) is 0.761. The van der Waals surface area contributed by atoms with Gasteiger partial charge in [0.1, 0.15) is 0 Å². The van der Waals surface area contributed by atoms with E-state index in [9.17, 15) is 0 Å². The van der Waals surface area contributed by atoms with Crippen LogP contribution in [0, 0.1) is 5.92 Å². The average Bonchev–Trinajstić information content (AvgIpc) is 2.49. The molecule has 1 atom stereocenters. The Bertz CT molecular complexity index is 447. The fraction of sp³-hybridized carbons (Fsp3) is 0.500. The first-order valence-corrected chi connectivity index (χ1v) is 8.31. The maximum absolute atomic E-state index is 2.41. The van der Waals surface area contributed by atoms with E-state index in [1.54, 1.807) is 0 Å². The Morgan fingerprint density at radius 1 is 1.00 bits per heavy atom. The second-order valence-electron chi connectivity index (χ2n) is 5.96. The van der Waals surface area contributed by atoms with Crippen molar-refractivity contribution >= 4 is 5.57 Å². The number of aryl methyl sites for hydroxylation is 1. The lowest BCUT2D eigenvalue weighted by atomic mass is 9.90. The van der Waals surface area contributed by atoms with Gasteiger partial charge in [0, 0.05) is 0 Å². The maximum Gasteiger partial charge on any atom is -0.0187 e. The van der Waals surface area contributed by atoms with Crippen LogP contribution in [0.3, 0.4) is 0 Å². The van der Waals surface area contributed by atoms with Crippen LogP contribution in [0.5, 0.6) is 0 Å². The zero-order valence-electron chi connectivity index (χ0n) is 13.1. The Morgan fingerprint density at radius 3 is 2.40 bits per heavy atom. The summed E-state index contributed by atoms with van der Waals surface area (Å²) in [6, 6.07) is 9.19. The first-order chi connectivity index (χ1) is 9.83. The van der Waals surface area contributed by atoms with Crippen molar-refractivity contribution in [1.82, 2.24) is 0 Å². The Morgan fingerprint density at radius 2 is 1.80 bits per heavy atom. The zero-order valence-corrected chi connectivity index (χ0v) is 13.1. The first-order valence-electron chi connectivity index (χ1n) is 8.31. The predicted octanol–water partition coefficient (Wildman–Crippen LogP) is 6.18. The van der Waals surface area contributed by atoms with Crippen LogP contribution in [0.4, 0.5) is 0 Å². The monoisotopic (exact) mass is 268 g/mol. The topological polar surface area (TPSA) is 0 Å². The molecule has 1 unspecified atom stereocenters. The molecule has 1 aliphatic rings. The molecule has 0 radical (unpaired) electrons. The highest BCUT2D eigenvalue weighted by Gasteiger charge is 2.08. The highest BCUT2D eigenvalue weighted by atomic mass is 14.1. The Kier molecular flexibility index (Phi) is 6.11. The number of allylic oxidation sites excluding steroid dienone is 4. The molecule has 1 aliphatic carbocycles. The number of unbranched alkanes of at least 4 members (excludes halogenated alkanes) is 2. The molecule has 0 amide bonds. The number of hydrogen-bond donors (Lipinski definition) is 0. The standard InChI is InChI=1S/C20H28/c1-3-5-6-8-18-11-15-20(16-12-18)19-13-9-17(7-4-2)10-14-19/h9,11-17H,3-8,10H2,1-2H3. The van der Waals surface area contributed by atoms with Crippen LogP contribution in [0.2, 0.25) is 0 Å². The van der Waals surface area contributed by atoms with Crippen LogP contribution < -0.4 is 0 Å². The smallest absolute Gasteiger partial charge is 0.0187 e. The van der Waals surface area contributed by atoms with Crippen molar-refractivity contribution in [2.45, 2.75) is 58.8 Å². The highest BCUT2D eigenvalue weighted by Crippen LogP contribution is 2.26. The van der Waals surface area contributed by atoms with E-state index < -0.39 is 0 Å². The van der Waals surface area contributed by atoms with Gasteiger partial charge in [-0.15, -0.1) is 0 Å². The molecule has 1 aromatic carbocycles. The molecule has 0 N–H and O–H groups in total. The fourth-order valence-corrected chi connectivity index (χ4v) is 2.91. The molecule has 0 spiro atoms. The molecule has 0 heteroatoms. The highest BCUT2D eigenvalue weighted by molar-refractivity contribution is 5.75. The third-order valence-corrected chi connectivity index (χ3v) is 4.20. The van der Waals surface area contributed by atoms with Gasteiger partial charge in [-0.25, -0.2) is 0 Å². The van der Waals surface area contributed by atoms with E-state index in [1.807, 2.05) is 0 Å². The normalized spacial score (nSPS) is 18.1. The number of rotatable bonds is 7. The second-order valence-corrected chi connectivity index (χ2v) is 5.96.